The van der Waals surface area contributed by atoms with Crippen LogP contribution < -0.4 is 5.73 Å². The Hall–Kier alpha value is -0.220. The number of nitrogens with two attached hydrogens (primary N) is 1. The fourth-order valence-electron chi connectivity index (χ4n) is 2.02. The van der Waals surface area contributed by atoms with Crippen molar-refractivity contribution in [2.24, 2.45) is 11.7 Å². The van der Waals surface area contributed by atoms with Crippen LogP contribution in [-0.2, 0) is 4.79 Å². The van der Waals surface area contributed by atoms with Crippen LogP contribution in [-0.4, -0.2) is 41.4 Å². The summed E-state index contributed by atoms with van der Waals surface area (Å²) >= 11 is 1.95. The van der Waals surface area contributed by atoms with Crippen LogP contribution in [0.2, 0.25) is 0 Å². The smallest absolute Gasteiger partial charge is 0.224 e. The van der Waals surface area contributed by atoms with Crippen molar-refractivity contribution >= 4 is 17.7 Å². The fraction of sp³-hybridized carbons (Fsp3) is 0.909. The molecule has 1 saturated heterocycles. The van der Waals surface area contributed by atoms with Crippen molar-refractivity contribution < 1.29 is 4.79 Å². The molecule has 1 aliphatic heterocycles. The highest BCUT2D eigenvalue weighted by molar-refractivity contribution is 7.99. The lowest BCUT2D eigenvalue weighted by molar-refractivity contribution is -0.131. The topological polar surface area (TPSA) is 46.3 Å². The summed E-state index contributed by atoms with van der Waals surface area (Å²) in [6.45, 7) is 1.85. The van der Waals surface area contributed by atoms with Gasteiger partial charge in [0.15, 0.2) is 0 Å². The molecule has 15 heavy (non-hydrogen) atoms. The van der Waals surface area contributed by atoms with Crippen LogP contribution in [0.15, 0.2) is 0 Å². The average Bonchev–Trinajstić information content (AvgIpc) is 3.05. The summed E-state index contributed by atoms with van der Waals surface area (Å²) in [7, 11) is 0. The molecule has 0 radical (unpaired) electrons. The number of hydrogen-bond donors (Lipinski definition) is 1. The molecule has 0 aromatic carbocycles. The molecule has 86 valence electrons. The Morgan fingerprint density at radius 3 is 2.93 bits per heavy atom. The van der Waals surface area contributed by atoms with Crippen molar-refractivity contribution in [3.05, 3.63) is 0 Å². The van der Waals surface area contributed by atoms with E-state index >= 15 is 0 Å². The highest BCUT2D eigenvalue weighted by Crippen LogP contribution is 2.33. The summed E-state index contributed by atoms with van der Waals surface area (Å²) in [5, 5.41) is 0. The number of rotatable bonds is 3. The summed E-state index contributed by atoms with van der Waals surface area (Å²) < 4.78 is 0. The Balaban J connectivity index is 1.77. The standard InChI is InChI=1S/C11H20N2OS/c12-10(9-2-3-9)8-11(14)13-4-1-6-15-7-5-13/h9-10H,1-8,12H2. The molecule has 0 aromatic heterocycles. The number of carbonyl (C=O) groups excluding carboxylic acids is 1. The summed E-state index contributed by atoms with van der Waals surface area (Å²) in [5.74, 6) is 3.19. The van der Waals surface area contributed by atoms with Crippen molar-refractivity contribution in [2.75, 3.05) is 24.6 Å². The van der Waals surface area contributed by atoms with E-state index in [0.29, 0.717) is 12.3 Å². The van der Waals surface area contributed by atoms with Crippen molar-refractivity contribution in [3.63, 3.8) is 0 Å². The molecule has 2 rings (SSSR count). The van der Waals surface area contributed by atoms with Gasteiger partial charge in [-0.2, -0.15) is 11.8 Å². The number of amides is 1. The maximum atomic E-state index is 11.9. The first kappa shape index (κ1) is 11.3. The normalized spacial score (nSPS) is 24.7. The maximum absolute atomic E-state index is 11.9. The summed E-state index contributed by atoms with van der Waals surface area (Å²) in [6, 6.07) is 0.119. The zero-order valence-electron chi connectivity index (χ0n) is 9.15. The molecule has 4 heteroatoms. The lowest BCUT2D eigenvalue weighted by Crippen LogP contribution is -2.37. The molecular weight excluding hydrogens is 208 g/mol. The zero-order valence-corrected chi connectivity index (χ0v) is 9.97. The van der Waals surface area contributed by atoms with Gasteiger partial charge in [0.1, 0.15) is 0 Å². The van der Waals surface area contributed by atoms with Crippen LogP contribution in [0.25, 0.3) is 0 Å². The minimum absolute atomic E-state index is 0.119. The molecule has 3 nitrogen and oxygen atoms in total. The molecule has 0 aromatic rings. The Kier molecular flexibility index (Phi) is 3.92. The molecule has 1 saturated carbocycles. The SMILES string of the molecule is NC(CC(=O)N1CCCSCC1)C1CC1. The lowest BCUT2D eigenvalue weighted by atomic mass is 10.1. The van der Waals surface area contributed by atoms with Crippen molar-refractivity contribution in [2.45, 2.75) is 31.7 Å². The molecule has 1 aliphatic carbocycles. The predicted octanol–water partition coefficient (Wildman–Crippen LogP) is 1.08. The second-order valence-electron chi connectivity index (χ2n) is 4.55. The fourth-order valence-corrected chi connectivity index (χ4v) is 2.90. The van der Waals surface area contributed by atoms with Crippen LogP contribution in [0.5, 0.6) is 0 Å². The summed E-state index contributed by atoms with van der Waals surface area (Å²) in [5.41, 5.74) is 5.97. The molecule has 1 amide bonds. The van der Waals surface area contributed by atoms with Crippen molar-refractivity contribution in [1.29, 1.82) is 0 Å². The van der Waals surface area contributed by atoms with E-state index in [1.165, 1.54) is 18.6 Å². The van der Waals surface area contributed by atoms with Gasteiger partial charge in [0.25, 0.3) is 0 Å². The van der Waals surface area contributed by atoms with E-state index in [2.05, 4.69) is 0 Å². The van der Waals surface area contributed by atoms with Crippen LogP contribution in [0.3, 0.4) is 0 Å². The number of thioether (sulfide) groups is 1. The molecule has 0 spiro atoms. The van der Waals surface area contributed by atoms with E-state index in [9.17, 15) is 4.79 Å². The third-order valence-electron chi connectivity index (χ3n) is 3.21. The molecule has 2 fully saturated rings. The van der Waals surface area contributed by atoms with Gasteiger partial charge < -0.3 is 10.6 Å². The Morgan fingerprint density at radius 2 is 2.20 bits per heavy atom. The van der Waals surface area contributed by atoms with E-state index in [0.717, 1.165) is 25.3 Å². The van der Waals surface area contributed by atoms with Crippen molar-refractivity contribution in [1.82, 2.24) is 4.90 Å². The molecule has 1 heterocycles. The average molecular weight is 228 g/mol. The van der Waals surface area contributed by atoms with E-state index in [-0.39, 0.29) is 11.9 Å². The van der Waals surface area contributed by atoms with Crippen LogP contribution >= 0.6 is 11.8 Å². The number of hydrogen-bond acceptors (Lipinski definition) is 3. The minimum Gasteiger partial charge on any atom is -0.342 e. The van der Waals surface area contributed by atoms with Gasteiger partial charge in [0.2, 0.25) is 5.91 Å². The second kappa shape index (κ2) is 5.21. The predicted molar refractivity (Wildman–Crippen MR) is 63.8 cm³/mol. The van der Waals surface area contributed by atoms with Gasteiger partial charge in [-0.15, -0.1) is 0 Å². The quantitative estimate of drug-likeness (QED) is 0.786. The van der Waals surface area contributed by atoms with Gasteiger partial charge in [-0.25, -0.2) is 0 Å². The molecule has 1 atom stereocenters. The Labute approximate surface area is 95.8 Å². The Bertz CT molecular complexity index is 223. The van der Waals surface area contributed by atoms with Gasteiger partial charge >= 0.3 is 0 Å². The maximum Gasteiger partial charge on any atom is 0.224 e. The Morgan fingerprint density at radius 1 is 1.40 bits per heavy atom. The highest BCUT2D eigenvalue weighted by atomic mass is 32.2. The molecular formula is C11H20N2OS. The molecule has 2 N–H and O–H groups in total. The first-order chi connectivity index (χ1) is 7.27. The lowest BCUT2D eigenvalue weighted by Gasteiger charge is -2.21. The minimum atomic E-state index is 0.119. The van der Waals surface area contributed by atoms with Gasteiger partial charge in [0, 0.05) is 31.3 Å². The van der Waals surface area contributed by atoms with Gasteiger partial charge in [-0.1, -0.05) is 0 Å². The zero-order chi connectivity index (χ0) is 10.7. The number of carbonyl (C=O) groups is 1. The van der Waals surface area contributed by atoms with Gasteiger partial charge in [-0.05, 0) is 30.9 Å². The third kappa shape index (κ3) is 3.38. The van der Waals surface area contributed by atoms with E-state index in [1.807, 2.05) is 16.7 Å². The van der Waals surface area contributed by atoms with Crippen molar-refractivity contribution in [3.8, 4) is 0 Å². The van der Waals surface area contributed by atoms with Crippen LogP contribution in [0.1, 0.15) is 25.7 Å². The highest BCUT2D eigenvalue weighted by Gasteiger charge is 2.31. The molecule has 1 unspecified atom stereocenters. The van der Waals surface area contributed by atoms with Crippen LogP contribution in [0.4, 0.5) is 0 Å². The van der Waals surface area contributed by atoms with Crippen LogP contribution in [0, 0.1) is 5.92 Å². The second-order valence-corrected chi connectivity index (χ2v) is 5.78. The number of nitrogens with zero attached hydrogens (tertiary/aromatic N) is 1. The van der Waals surface area contributed by atoms with E-state index in [4.69, 9.17) is 5.73 Å². The molecule has 2 aliphatic rings. The monoisotopic (exact) mass is 228 g/mol. The summed E-state index contributed by atoms with van der Waals surface area (Å²) in [4.78, 5) is 13.9. The van der Waals surface area contributed by atoms with Gasteiger partial charge in [0.05, 0.1) is 0 Å². The van der Waals surface area contributed by atoms with E-state index < -0.39 is 0 Å². The summed E-state index contributed by atoms with van der Waals surface area (Å²) in [6.07, 6.45) is 4.15. The van der Waals surface area contributed by atoms with Gasteiger partial charge in [-0.3, -0.25) is 4.79 Å². The first-order valence-corrected chi connectivity index (χ1v) is 7.04. The molecule has 0 bridgehead atoms. The largest absolute Gasteiger partial charge is 0.342 e. The van der Waals surface area contributed by atoms with E-state index in [1.54, 1.807) is 0 Å². The first-order valence-electron chi connectivity index (χ1n) is 5.88. The third-order valence-corrected chi connectivity index (χ3v) is 4.26.